The van der Waals surface area contributed by atoms with E-state index in [0.717, 1.165) is 13.1 Å². The fraction of sp³-hybridized carbons (Fsp3) is 1.00. The predicted molar refractivity (Wildman–Crippen MR) is 54.1 cm³/mol. The Kier molecular flexibility index (Phi) is 3.18. The Bertz CT molecular complexity index is 242. The van der Waals surface area contributed by atoms with E-state index in [1.807, 2.05) is 0 Å². The minimum Gasteiger partial charge on any atom is -0.372 e. The number of fused-ring (bicyclic) bond motifs is 1. The van der Waals surface area contributed by atoms with E-state index in [4.69, 9.17) is 4.74 Å². The van der Waals surface area contributed by atoms with Crippen molar-refractivity contribution in [1.29, 1.82) is 0 Å². The lowest BCUT2D eigenvalue weighted by atomic mass is 10.2. The number of hydrogen-bond donors (Lipinski definition) is 0. The number of halogens is 3. The summed E-state index contributed by atoms with van der Waals surface area (Å²) < 4.78 is 40.3. The third kappa shape index (κ3) is 2.69. The fourth-order valence-electron chi connectivity index (χ4n) is 2.66. The first-order chi connectivity index (χ1) is 7.38. The van der Waals surface area contributed by atoms with Gasteiger partial charge in [-0.25, -0.2) is 0 Å². The highest BCUT2D eigenvalue weighted by Crippen LogP contribution is 2.52. The number of ether oxygens (including phenoxy) is 1. The minimum absolute atomic E-state index is 0.279. The molecule has 2 atom stereocenters. The van der Waals surface area contributed by atoms with Crippen LogP contribution >= 0.6 is 0 Å². The molecule has 0 amide bonds. The van der Waals surface area contributed by atoms with E-state index < -0.39 is 12.8 Å². The first kappa shape index (κ1) is 12.2. The lowest BCUT2D eigenvalue weighted by Crippen LogP contribution is -2.32. The van der Waals surface area contributed by atoms with E-state index >= 15 is 0 Å². The Hall–Kier alpha value is -0.290. The third-order valence-corrected chi connectivity index (χ3v) is 3.71. The second kappa shape index (κ2) is 4.18. The Labute approximate surface area is 93.7 Å². The molecule has 1 saturated heterocycles. The van der Waals surface area contributed by atoms with Crippen molar-refractivity contribution in [1.82, 2.24) is 4.90 Å². The summed E-state index contributed by atoms with van der Waals surface area (Å²) in [6.07, 6.45) is -4.19. The van der Waals surface area contributed by atoms with E-state index in [9.17, 15) is 13.2 Å². The second-order valence-corrected chi connectivity index (χ2v) is 5.17. The van der Waals surface area contributed by atoms with Crippen LogP contribution in [0.5, 0.6) is 0 Å². The van der Waals surface area contributed by atoms with Gasteiger partial charge in [-0.1, -0.05) is 0 Å². The lowest BCUT2D eigenvalue weighted by molar-refractivity contribution is -0.175. The Morgan fingerprint density at radius 3 is 2.25 bits per heavy atom. The lowest BCUT2D eigenvalue weighted by Gasteiger charge is -2.23. The van der Waals surface area contributed by atoms with Gasteiger partial charge in [0.2, 0.25) is 0 Å². The summed E-state index contributed by atoms with van der Waals surface area (Å²) in [4.78, 5) is 2.38. The standard InChI is InChI=1S/C11H18F3NO/c1-7(2)15-3-8-9(4-15)10(8)5-16-6-11(12,13)14/h7-10H,3-6H2,1-2H3. The van der Waals surface area contributed by atoms with Crippen LogP contribution < -0.4 is 0 Å². The van der Waals surface area contributed by atoms with Crippen LogP contribution in [0.2, 0.25) is 0 Å². The fourth-order valence-corrected chi connectivity index (χ4v) is 2.66. The first-order valence-corrected chi connectivity index (χ1v) is 5.77. The van der Waals surface area contributed by atoms with Crippen molar-refractivity contribution in [3.05, 3.63) is 0 Å². The zero-order valence-corrected chi connectivity index (χ0v) is 9.63. The summed E-state index contributed by atoms with van der Waals surface area (Å²) in [6, 6.07) is 0.546. The Morgan fingerprint density at radius 1 is 1.25 bits per heavy atom. The van der Waals surface area contributed by atoms with Gasteiger partial charge >= 0.3 is 6.18 Å². The highest BCUT2D eigenvalue weighted by atomic mass is 19.4. The molecule has 1 aliphatic heterocycles. The minimum atomic E-state index is -4.19. The maximum atomic E-state index is 11.9. The van der Waals surface area contributed by atoms with E-state index in [0.29, 0.717) is 23.8 Å². The van der Waals surface area contributed by atoms with Gasteiger partial charge in [0, 0.05) is 19.1 Å². The van der Waals surface area contributed by atoms with Gasteiger partial charge in [0.05, 0.1) is 6.61 Å². The van der Waals surface area contributed by atoms with Gasteiger partial charge in [-0.15, -0.1) is 0 Å². The van der Waals surface area contributed by atoms with Crippen molar-refractivity contribution < 1.29 is 17.9 Å². The molecule has 2 nitrogen and oxygen atoms in total. The third-order valence-electron chi connectivity index (χ3n) is 3.71. The summed E-state index contributed by atoms with van der Waals surface area (Å²) in [6.45, 7) is 5.54. The van der Waals surface area contributed by atoms with E-state index in [1.165, 1.54) is 0 Å². The first-order valence-electron chi connectivity index (χ1n) is 5.77. The molecule has 2 aliphatic rings. The molecule has 2 unspecified atom stereocenters. The van der Waals surface area contributed by atoms with Crippen molar-refractivity contribution in [3.63, 3.8) is 0 Å². The zero-order chi connectivity index (χ0) is 11.9. The second-order valence-electron chi connectivity index (χ2n) is 5.17. The summed E-state index contributed by atoms with van der Waals surface area (Å²) >= 11 is 0. The van der Waals surface area contributed by atoms with Crippen LogP contribution in [-0.2, 0) is 4.74 Å². The highest BCUT2D eigenvalue weighted by molar-refractivity contribution is 5.05. The SMILES string of the molecule is CC(C)N1CC2C(COCC(F)(F)F)C2C1. The molecule has 2 fully saturated rings. The summed E-state index contributed by atoms with van der Waals surface area (Å²) in [5, 5.41) is 0. The zero-order valence-electron chi connectivity index (χ0n) is 9.63. The molecule has 2 rings (SSSR count). The molecule has 0 radical (unpaired) electrons. The van der Waals surface area contributed by atoms with Gasteiger partial charge in [-0.2, -0.15) is 13.2 Å². The number of likely N-dealkylation sites (tertiary alicyclic amines) is 1. The summed E-state index contributed by atoms with van der Waals surface area (Å²) in [7, 11) is 0. The smallest absolute Gasteiger partial charge is 0.372 e. The molecule has 0 aromatic rings. The average Bonchev–Trinajstić information content (AvgIpc) is 2.59. The molecule has 1 aliphatic carbocycles. The van der Waals surface area contributed by atoms with Crippen LogP contribution in [-0.4, -0.2) is 43.4 Å². The highest BCUT2D eigenvalue weighted by Gasteiger charge is 2.55. The molecule has 0 N–H and O–H groups in total. The number of piperidine rings is 1. The van der Waals surface area contributed by atoms with Crippen LogP contribution in [0.4, 0.5) is 13.2 Å². The van der Waals surface area contributed by atoms with Crippen LogP contribution in [0.1, 0.15) is 13.8 Å². The van der Waals surface area contributed by atoms with Crippen molar-refractivity contribution in [2.24, 2.45) is 17.8 Å². The molecule has 1 heterocycles. The summed E-state index contributed by atoms with van der Waals surface area (Å²) in [5.74, 6) is 1.53. The quantitative estimate of drug-likeness (QED) is 0.743. The maximum Gasteiger partial charge on any atom is 0.411 e. The molecular weight excluding hydrogens is 219 g/mol. The molecule has 94 valence electrons. The molecular formula is C11H18F3NO. The van der Waals surface area contributed by atoms with Crippen LogP contribution in [0.3, 0.4) is 0 Å². The van der Waals surface area contributed by atoms with Gasteiger partial charge in [-0.3, -0.25) is 0 Å². The van der Waals surface area contributed by atoms with Crippen molar-refractivity contribution >= 4 is 0 Å². The Morgan fingerprint density at radius 2 is 1.81 bits per heavy atom. The number of alkyl halides is 3. The molecule has 5 heteroatoms. The molecule has 0 aromatic carbocycles. The van der Waals surface area contributed by atoms with E-state index in [-0.39, 0.29) is 6.61 Å². The number of hydrogen-bond acceptors (Lipinski definition) is 2. The van der Waals surface area contributed by atoms with Gasteiger partial charge in [0.25, 0.3) is 0 Å². The predicted octanol–water partition coefficient (Wildman–Crippen LogP) is 2.15. The molecule has 0 aromatic heterocycles. The topological polar surface area (TPSA) is 12.5 Å². The van der Waals surface area contributed by atoms with E-state index in [1.54, 1.807) is 0 Å². The van der Waals surface area contributed by atoms with Crippen LogP contribution in [0.15, 0.2) is 0 Å². The van der Waals surface area contributed by atoms with Crippen LogP contribution in [0.25, 0.3) is 0 Å². The normalized spacial score (nSPS) is 34.5. The Balaban J connectivity index is 1.63. The van der Waals surface area contributed by atoms with Crippen LogP contribution in [0, 0.1) is 17.8 Å². The monoisotopic (exact) mass is 237 g/mol. The van der Waals surface area contributed by atoms with Gasteiger partial charge in [-0.05, 0) is 31.6 Å². The molecule has 1 saturated carbocycles. The summed E-state index contributed by atoms with van der Waals surface area (Å²) in [5.41, 5.74) is 0. The number of rotatable bonds is 4. The number of nitrogens with zero attached hydrogens (tertiary/aromatic N) is 1. The molecule has 0 spiro atoms. The molecule has 16 heavy (non-hydrogen) atoms. The average molecular weight is 237 g/mol. The van der Waals surface area contributed by atoms with Gasteiger partial charge in [0.15, 0.2) is 0 Å². The van der Waals surface area contributed by atoms with Crippen molar-refractivity contribution in [2.45, 2.75) is 26.1 Å². The maximum absolute atomic E-state index is 11.9. The van der Waals surface area contributed by atoms with Crippen molar-refractivity contribution in [3.8, 4) is 0 Å². The molecule has 0 bridgehead atoms. The largest absolute Gasteiger partial charge is 0.411 e. The van der Waals surface area contributed by atoms with Gasteiger partial charge < -0.3 is 9.64 Å². The van der Waals surface area contributed by atoms with Crippen molar-refractivity contribution in [2.75, 3.05) is 26.3 Å². The van der Waals surface area contributed by atoms with E-state index in [2.05, 4.69) is 18.7 Å². The van der Waals surface area contributed by atoms with Gasteiger partial charge in [0.1, 0.15) is 6.61 Å².